The third-order valence-electron chi connectivity index (χ3n) is 3.23. The predicted octanol–water partition coefficient (Wildman–Crippen LogP) is 2.94. The molecule has 2 heterocycles. The van der Waals surface area contributed by atoms with Gasteiger partial charge in [0.25, 0.3) is 0 Å². The number of hydrogen-bond donors (Lipinski definition) is 1. The Hall–Kier alpha value is -2.14. The summed E-state index contributed by atoms with van der Waals surface area (Å²) in [5, 5.41) is 12.6. The second-order valence-corrected chi connectivity index (χ2v) is 4.85. The number of furan rings is 1. The lowest BCUT2D eigenvalue weighted by atomic mass is 9.74. The van der Waals surface area contributed by atoms with Crippen LogP contribution in [0.5, 0.6) is 0 Å². The van der Waals surface area contributed by atoms with Crippen molar-refractivity contribution in [3.05, 3.63) is 34.1 Å². The van der Waals surface area contributed by atoms with Gasteiger partial charge in [-0.25, -0.2) is 4.79 Å². The second-order valence-electron chi connectivity index (χ2n) is 4.85. The van der Waals surface area contributed by atoms with Gasteiger partial charge in [0.05, 0.1) is 0 Å². The van der Waals surface area contributed by atoms with E-state index in [0.717, 1.165) is 5.76 Å². The molecule has 0 spiro atoms. The molecule has 7 heteroatoms. The first-order chi connectivity index (χ1) is 8.46. The number of carboxylic acid groups (broad SMARTS) is 1. The summed E-state index contributed by atoms with van der Waals surface area (Å²) in [4.78, 5) is 14.9. The number of carbonyl (C=O) groups is 1. The van der Waals surface area contributed by atoms with Gasteiger partial charge in [-0.05, 0) is 24.6 Å². The second kappa shape index (κ2) is 4.27. The highest BCUT2D eigenvalue weighted by Gasteiger charge is 2.48. The van der Waals surface area contributed by atoms with Crippen molar-refractivity contribution in [3.8, 4) is 0 Å². The maximum Gasteiger partial charge on any atom is 0.407 e. The van der Waals surface area contributed by atoms with Crippen LogP contribution in [0.3, 0.4) is 0 Å². The Morgan fingerprint density at radius 1 is 1.67 bits per heavy atom. The van der Waals surface area contributed by atoms with Crippen molar-refractivity contribution in [1.82, 2.24) is 4.90 Å². The molecule has 1 aliphatic heterocycles. The van der Waals surface area contributed by atoms with Crippen molar-refractivity contribution in [1.29, 1.82) is 0 Å². The third kappa shape index (κ3) is 2.00. The summed E-state index contributed by atoms with van der Waals surface area (Å²) in [7, 11) is 0. The largest absolute Gasteiger partial charge is 0.466 e. The first-order valence-electron chi connectivity index (χ1n) is 5.55. The average Bonchev–Trinajstić information content (AvgIpc) is 2.68. The average molecular weight is 250 g/mol. The van der Waals surface area contributed by atoms with Crippen LogP contribution in [0.4, 0.5) is 4.79 Å². The summed E-state index contributed by atoms with van der Waals surface area (Å²) < 4.78 is 5.49. The topological polar surface area (TPSA) is 102 Å². The maximum absolute atomic E-state index is 10.8. The Labute approximate surface area is 104 Å². The van der Waals surface area contributed by atoms with E-state index in [1.54, 1.807) is 12.1 Å². The third-order valence-corrected chi connectivity index (χ3v) is 3.23. The number of aryl methyl sites for hydroxylation is 1. The van der Waals surface area contributed by atoms with E-state index < -0.39 is 17.6 Å². The fraction of sp³-hybridized carbons (Fsp3) is 0.545. The normalized spacial score (nSPS) is 18.7. The summed E-state index contributed by atoms with van der Waals surface area (Å²) in [5.74, 6) is 1.32. The van der Waals surface area contributed by atoms with Crippen LogP contribution in [-0.2, 0) is 0 Å². The number of azide groups is 1. The zero-order valence-corrected chi connectivity index (χ0v) is 10.2. The fourth-order valence-corrected chi connectivity index (χ4v) is 2.33. The summed E-state index contributed by atoms with van der Waals surface area (Å²) >= 11 is 0. The smallest absolute Gasteiger partial charge is 0.407 e. The molecule has 1 fully saturated rings. The van der Waals surface area contributed by atoms with Crippen LogP contribution < -0.4 is 0 Å². The van der Waals surface area contributed by atoms with Crippen molar-refractivity contribution in [2.45, 2.75) is 19.9 Å². The molecule has 1 aromatic heterocycles. The summed E-state index contributed by atoms with van der Waals surface area (Å²) in [6.07, 6.45) is -0.956. The van der Waals surface area contributed by atoms with Crippen LogP contribution in [0, 0.1) is 12.3 Å². The molecular formula is C11H14N4O3. The molecule has 1 N–H and O–H groups in total. The van der Waals surface area contributed by atoms with E-state index in [2.05, 4.69) is 10.0 Å². The molecule has 0 aliphatic carbocycles. The molecule has 0 bridgehead atoms. The lowest BCUT2D eigenvalue weighted by Crippen LogP contribution is -2.58. The molecular weight excluding hydrogens is 236 g/mol. The Morgan fingerprint density at radius 2 is 2.33 bits per heavy atom. The molecule has 0 saturated carbocycles. The van der Waals surface area contributed by atoms with Crippen LogP contribution in [0.2, 0.25) is 0 Å². The van der Waals surface area contributed by atoms with Gasteiger partial charge in [0, 0.05) is 23.4 Å². The predicted molar refractivity (Wildman–Crippen MR) is 63.0 cm³/mol. The van der Waals surface area contributed by atoms with Gasteiger partial charge in [-0.3, -0.25) is 0 Å². The van der Waals surface area contributed by atoms with E-state index in [4.69, 9.17) is 15.1 Å². The number of hydrogen-bond acceptors (Lipinski definition) is 3. The number of rotatable bonds is 3. The van der Waals surface area contributed by atoms with Gasteiger partial charge in [0.15, 0.2) is 0 Å². The Kier molecular flexibility index (Phi) is 2.92. The molecule has 1 aliphatic rings. The molecule has 1 amide bonds. The van der Waals surface area contributed by atoms with E-state index in [9.17, 15) is 4.79 Å². The number of amides is 1. The molecule has 7 nitrogen and oxygen atoms in total. The lowest BCUT2D eigenvalue weighted by Gasteiger charge is -2.49. The summed E-state index contributed by atoms with van der Waals surface area (Å²) in [5.41, 5.74) is 8.24. The van der Waals surface area contributed by atoms with E-state index in [1.165, 1.54) is 4.90 Å². The quantitative estimate of drug-likeness (QED) is 0.506. The van der Waals surface area contributed by atoms with Gasteiger partial charge in [0.1, 0.15) is 17.6 Å². The molecule has 0 aromatic carbocycles. The van der Waals surface area contributed by atoms with Crippen LogP contribution >= 0.6 is 0 Å². The highest BCUT2D eigenvalue weighted by Crippen LogP contribution is 2.44. The summed E-state index contributed by atoms with van der Waals surface area (Å²) in [6, 6.07) is 3.09. The number of nitrogens with zero attached hydrogens (tertiary/aromatic N) is 4. The van der Waals surface area contributed by atoms with Crippen LogP contribution in [-0.4, -0.2) is 29.2 Å². The minimum atomic E-state index is -0.956. The highest BCUT2D eigenvalue weighted by atomic mass is 16.4. The monoisotopic (exact) mass is 250 g/mol. The molecule has 1 atom stereocenters. The van der Waals surface area contributed by atoms with Crippen LogP contribution in [0.15, 0.2) is 21.7 Å². The first-order valence-corrected chi connectivity index (χ1v) is 5.55. The Morgan fingerprint density at radius 3 is 2.78 bits per heavy atom. The molecule has 0 radical (unpaired) electrons. The number of likely N-dealkylation sites (tertiary alicyclic amines) is 1. The first kappa shape index (κ1) is 12.3. The molecule has 1 saturated heterocycles. The van der Waals surface area contributed by atoms with Gasteiger partial charge < -0.3 is 14.4 Å². The van der Waals surface area contributed by atoms with Crippen LogP contribution in [0.1, 0.15) is 24.5 Å². The molecule has 18 heavy (non-hydrogen) atoms. The van der Waals surface area contributed by atoms with E-state index in [0.29, 0.717) is 18.8 Å². The molecule has 1 unspecified atom stereocenters. The maximum atomic E-state index is 10.8. The van der Waals surface area contributed by atoms with Gasteiger partial charge in [-0.2, -0.15) is 0 Å². The minimum Gasteiger partial charge on any atom is -0.466 e. The Bertz CT molecular complexity index is 512. The van der Waals surface area contributed by atoms with Gasteiger partial charge in [0.2, 0.25) is 0 Å². The fourth-order valence-electron chi connectivity index (χ4n) is 2.33. The zero-order chi connectivity index (χ0) is 13.3. The van der Waals surface area contributed by atoms with E-state index in [-0.39, 0.29) is 0 Å². The molecule has 96 valence electrons. The van der Waals surface area contributed by atoms with E-state index in [1.807, 2.05) is 13.8 Å². The summed E-state index contributed by atoms with van der Waals surface area (Å²) in [6.45, 7) is 4.38. The van der Waals surface area contributed by atoms with Crippen molar-refractivity contribution in [2.24, 2.45) is 10.5 Å². The van der Waals surface area contributed by atoms with Crippen molar-refractivity contribution < 1.29 is 14.3 Å². The zero-order valence-electron chi connectivity index (χ0n) is 10.2. The molecule has 2 rings (SSSR count). The van der Waals surface area contributed by atoms with E-state index >= 15 is 0 Å². The van der Waals surface area contributed by atoms with Crippen molar-refractivity contribution in [3.63, 3.8) is 0 Å². The molecule has 1 aromatic rings. The Balaban J connectivity index is 2.22. The van der Waals surface area contributed by atoms with Crippen molar-refractivity contribution in [2.75, 3.05) is 13.1 Å². The van der Waals surface area contributed by atoms with Gasteiger partial charge in [-0.1, -0.05) is 12.0 Å². The standard InChI is InChI=1S/C11H14N4O3/c1-7-3-4-8(18-7)9(13-14-12)11(2)5-15(6-11)10(16)17/h3-4,9H,5-6H2,1-2H3,(H,16,17). The lowest BCUT2D eigenvalue weighted by molar-refractivity contribution is 0.000333. The van der Waals surface area contributed by atoms with Gasteiger partial charge >= 0.3 is 6.09 Å². The highest BCUT2D eigenvalue weighted by molar-refractivity contribution is 5.66. The van der Waals surface area contributed by atoms with Crippen molar-refractivity contribution >= 4 is 6.09 Å². The minimum absolute atomic E-state index is 0.339. The van der Waals surface area contributed by atoms with Crippen LogP contribution in [0.25, 0.3) is 10.4 Å². The van der Waals surface area contributed by atoms with Gasteiger partial charge in [-0.15, -0.1) is 0 Å². The SMILES string of the molecule is Cc1ccc(C(N=[N+]=[N-])C2(C)CN(C(=O)O)C2)o1.